The van der Waals surface area contributed by atoms with Gasteiger partial charge in [0.1, 0.15) is 0 Å². The summed E-state index contributed by atoms with van der Waals surface area (Å²) in [5, 5.41) is 10.3. The van der Waals surface area contributed by atoms with Gasteiger partial charge in [0.25, 0.3) is 11.8 Å². The van der Waals surface area contributed by atoms with Crippen LogP contribution in [0, 0.1) is 0 Å². The molecule has 39 heavy (non-hydrogen) atoms. The number of amides is 2. The van der Waals surface area contributed by atoms with E-state index in [-0.39, 0.29) is 17.5 Å². The van der Waals surface area contributed by atoms with Crippen molar-refractivity contribution in [3.05, 3.63) is 72.1 Å². The quantitative estimate of drug-likeness (QED) is 0.265. The highest BCUT2D eigenvalue weighted by atomic mass is 16.5. The highest BCUT2D eigenvalue weighted by Gasteiger charge is 2.16. The number of carbonyl (C=O) groups is 2. The number of hydrogen-bond acceptors (Lipinski definition) is 7. The zero-order valence-electron chi connectivity index (χ0n) is 22.7. The summed E-state index contributed by atoms with van der Waals surface area (Å²) >= 11 is 0. The summed E-state index contributed by atoms with van der Waals surface area (Å²) in [5.74, 6) is 0.682. The molecule has 10 heteroatoms. The topological polar surface area (TPSA) is 110 Å². The van der Waals surface area contributed by atoms with Gasteiger partial charge in [0.05, 0.1) is 19.9 Å². The van der Waals surface area contributed by atoms with Crippen molar-refractivity contribution in [1.29, 1.82) is 0 Å². The van der Waals surface area contributed by atoms with E-state index in [0.29, 0.717) is 34.9 Å². The van der Waals surface area contributed by atoms with Gasteiger partial charge in [-0.1, -0.05) is 13.8 Å². The molecule has 0 aliphatic heterocycles. The van der Waals surface area contributed by atoms with E-state index in [4.69, 9.17) is 9.47 Å². The van der Waals surface area contributed by atoms with Crippen molar-refractivity contribution in [3.63, 3.8) is 0 Å². The van der Waals surface area contributed by atoms with Crippen LogP contribution in [-0.4, -0.2) is 71.7 Å². The molecule has 0 saturated carbocycles. The first kappa shape index (κ1) is 27.6. The SMILES string of the molecule is CCN(CC)CCCNC(=O)c1ccc(NC(=O)c2cc3nccc(-c4ccc(OC)c(OC)c4)n3n2)cc1. The lowest BCUT2D eigenvalue weighted by Gasteiger charge is -2.17. The number of fused-ring (bicyclic) bond motifs is 1. The minimum Gasteiger partial charge on any atom is -0.493 e. The van der Waals surface area contributed by atoms with E-state index >= 15 is 0 Å². The Kier molecular flexibility index (Phi) is 9.11. The Morgan fingerprint density at radius 3 is 2.36 bits per heavy atom. The molecule has 0 bridgehead atoms. The Balaban J connectivity index is 1.42. The Labute approximate surface area is 227 Å². The van der Waals surface area contributed by atoms with E-state index < -0.39 is 0 Å². The molecule has 4 rings (SSSR count). The standard InChI is InChI=1S/C29H34N6O4/c1-5-34(6-2)17-7-15-31-28(36)20-8-11-22(12-9-20)32-29(37)23-19-27-30-16-14-24(35(27)33-23)21-10-13-25(38-3)26(18-21)39-4/h8-14,16,18-19H,5-7,15,17H2,1-4H3,(H,31,36)(H,32,37). The van der Waals surface area contributed by atoms with Crippen molar-refractivity contribution in [1.82, 2.24) is 24.8 Å². The lowest BCUT2D eigenvalue weighted by Crippen LogP contribution is -2.29. The summed E-state index contributed by atoms with van der Waals surface area (Å²) in [6.45, 7) is 7.83. The number of carbonyl (C=O) groups excluding carboxylic acids is 2. The van der Waals surface area contributed by atoms with Gasteiger partial charge in [0.15, 0.2) is 22.8 Å². The van der Waals surface area contributed by atoms with E-state index in [2.05, 4.69) is 39.5 Å². The second-order valence-corrected chi connectivity index (χ2v) is 8.87. The molecule has 0 spiro atoms. The van der Waals surface area contributed by atoms with Gasteiger partial charge in [0, 0.05) is 35.6 Å². The second-order valence-electron chi connectivity index (χ2n) is 8.87. The van der Waals surface area contributed by atoms with Gasteiger partial charge >= 0.3 is 0 Å². The van der Waals surface area contributed by atoms with E-state index in [0.717, 1.165) is 37.3 Å². The summed E-state index contributed by atoms with van der Waals surface area (Å²) in [5.41, 5.74) is 3.41. The number of hydrogen-bond donors (Lipinski definition) is 2. The molecule has 4 aromatic rings. The molecule has 0 unspecified atom stereocenters. The number of ether oxygens (including phenoxy) is 2. The van der Waals surface area contributed by atoms with Crippen LogP contribution in [0.5, 0.6) is 11.5 Å². The Morgan fingerprint density at radius 2 is 1.67 bits per heavy atom. The summed E-state index contributed by atoms with van der Waals surface area (Å²) in [4.78, 5) is 32.1. The average molecular weight is 531 g/mol. The normalized spacial score (nSPS) is 11.0. The monoisotopic (exact) mass is 530 g/mol. The van der Waals surface area contributed by atoms with Crippen molar-refractivity contribution in [3.8, 4) is 22.8 Å². The van der Waals surface area contributed by atoms with Crippen molar-refractivity contribution in [2.75, 3.05) is 45.7 Å². The number of benzene rings is 2. The Hall–Kier alpha value is -4.44. The van der Waals surface area contributed by atoms with Gasteiger partial charge in [-0.25, -0.2) is 9.50 Å². The lowest BCUT2D eigenvalue weighted by molar-refractivity contribution is 0.0951. The first-order valence-electron chi connectivity index (χ1n) is 13.0. The van der Waals surface area contributed by atoms with Crippen LogP contribution in [-0.2, 0) is 0 Å². The second kappa shape index (κ2) is 12.9. The van der Waals surface area contributed by atoms with Gasteiger partial charge in [-0.2, -0.15) is 5.10 Å². The molecule has 10 nitrogen and oxygen atoms in total. The number of anilines is 1. The number of methoxy groups -OCH3 is 2. The molecule has 2 heterocycles. The van der Waals surface area contributed by atoms with E-state index in [1.165, 1.54) is 0 Å². The third kappa shape index (κ3) is 6.53. The number of nitrogens with one attached hydrogen (secondary N) is 2. The van der Waals surface area contributed by atoms with Crippen LogP contribution in [0.4, 0.5) is 5.69 Å². The molecule has 0 radical (unpaired) electrons. The molecular weight excluding hydrogens is 496 g/mol. The molecular formula is C29H34N6O4. The third-order valence-electron chi connectivity index (χ3n) is 6.51. The first-order valence-corrected chi connectivity index (χ1v) is 13.0. The van der Waals surface area contributed by atoms with Gasteiger partial charge < -0.3 is 25.0 Å². The average Bonchev–Trinajstić information content (AvgIpc) is 3.42. The van der Waals surface area contributed by atoms with E-state index in [1.807, 2.05) is 24.3 Å². The van der Waals surface area contributed by atoms with E-state index in [9.17, 15) is 9.59 Å². The molecule has 0 aliphatic carbocycles. The van der Waals surface area contributed by atoms with Crippen LogP contribution in [0.15, 0.2) is 60.8 Å². The summed E-state index contributed by atoms with van der Waals surface area (Å²) < 4.78 is 12.4. The number of aromatic nitrogens is 3. The third-order valence-corrected chi connectivity index (χ3v) is 6.51. The lowest BCUT2D eigenvalue weighted by atomic mass is 10.1. The van der Waals surface area contributed by atoms with Gasteiger partial charge in [-0.15, -0.1) is 0 Å². The fraction of sp³-hybridized carbons (Fsp3) is 0.310. The van der Waals surface area contributed by atoms with Crippen LogP contribution < -0.4 is 20.1 Å². The summed E-state index contributed by atoms with van der Waals surface area (Å²) in [7, 11) is 3.16. The molecule has 2 amide bonds. The summed E-state index contributed by atoms with van der Waals surface area (Å²) in [6.07, 6.45) is 2.56. The van der Waals surface area contributed by atoms with Crippen molar-refractivity contribution in [2.24, 2.45) is 0 Å². The van der Waals surface area contributed by atoms with Crippen LogP contribution >= 0.6 is 0 Å². The van der Waals surface area contributed by atoms with E-state index in [1.54, 1.807) is 55.3 Å². The highest BCUT2D eigenvalue weighted by Crippen LogP contribution is 2.32. The maximum Gasteiger partial charge on any atom is 0.276 e. The largest absolute Gasteiger partial charge is 0.493 e. The zero-order chi connectivity index (χ0) is 27.8. The molecule has 0 fully saturated rings. The molecule has 0 atom stereocenters. The van der Waals surface area contributed by atoms with Crippen molar-refractivity contribution in [2.45, 2.75) is 20.3 Å². The minimum atomic E-state index is -0.382. The van der Waals surface area contributed by atoms with Crippen LogP contribution in [0.1, 0.15) is 41.1 Å². The van der Waals surface area contributed by atoms with Crippen LogP contribution in [0.2, 0.25) is 0 Å². The molecule has 2 N–H and O–H groups in total. The number of nitrogens with zero attached hydrogens (tertiary/aromatic N) is 4. The minimum absolute atomic E-state index is 0.137. The predicted octanol–water partition coefficient (Wildman–Crippen LogP) is 4.13. The van der Waals surface area contributed by atoms with Crippen LogP contribution in [0.3, 0.4) is 0 Å². The van der Waals surface area contributed by atoms with Gasteiger partial charge in [0.2, 0.25) is 0 Å². The molecule has 0 saturated heterocycles. The van der Waals surface area contributed by atoms with Gasteiger partial charge in [-0.3, -0.25) is 9.59 Å². The van der Waals surface area contributed by atoms with Crippen LogP contribution in [0.25, 0.3) is 16.9 Å². The van der Waals surface area contributed by atoms with Crippen molar-refractivity contribution < 1.29 is 19.1 Å². The molecule has 2 aromatic carbocycles. The zero-order valence-corrected chi connectivity index (χ0v) is 22.7. The Bertz CT molecular complexity index is 1430. The smallest absolute Gasteiger partial charge is 0.276 e. The fourth-order valence-corrected chi connectivity index (χ4v) is 4.27. The predicted molar refractivity (Wildman–Crippen MR) is 151 cm³/mol. The molecule has 204 valence electrons. The Morgan fingerprint density at radius 1 is 0.923 bits per heavy atom. The number of rotatable bonds is 12. The first-order chi connectivity index (χ1) is 19.0. The maximum absolute atomic E-state index is 13.0. The van der Waals surface area contributed by atoms with Crippen molar-refractivity contribution >= 4 is 23.1 Å². The highest BCUT2D eigenvalue weighted by molar-refractivity contribution is 6.04. The maximum atomic E-state index is 13.0. The fourth-order valence-electron chi connectivity index (χ4n) is 4.27. The summed E-state index contributed by atoms with van der Waals surface area (Å²) in [6, 6.07) is 15.8. The van der Waals surface area contributed by atoms with Gasteiger partial charge in [-0.05, 0) is 74.6 Å². The molecule has 0 aliphatic rings. The molecule has 2 aromatic heterocycles.